The van der Waals surface area contributed by atoms with Crippen molar-refractivity contribution >= 4 is 34.6 Å². The second-order valence-electron chi connectivity index (χ2n) is 12.6. The van der Waals surface area contributed by atoms with Gasteiger partial charge < -0.3 is 0 Å². The molecule has 0 spiro atoms. The molecule has 7 heteroatoms. The van der Waals surface area contributed by atoms with E-state index in [1.807, 2.05) is 64.1 Å². The van der Waals surface area contributed by atoms with Crippen LogP contribution in [0.4, 0.5) is 0 Å². The van der Waals surface area contributed by atoms with Crippen LogP contribution in [-0.4, -0.2) is 64.2 Å². The molecule has 0 saturated carbocycles. The second-order valence-corrected chi connectivity index (χ2v) is 13.4. The van der Waals surface area contributed by atoms with Crippen LogP contribution in [0.2, 0.25) is 0 Å². The summed E-state index contributed by atoms with van der Waals surface area (Å²) in [6.07, 6.45) is 3.66. The average Bonchev–Trinajstić information content (AvgIpc) is 3.09. The highest BCUT2D eigenvalue weighted by Crippen LogP contribution is 2.19. The zero-order valence-corrected chi connectivity index (χ0v) is 29.6. The normalized spacial score (nSPS) is 22.0. The van der Waals surface area contributed by atoms with Crippen molar-refractivity contribution < 1.29 is 0 Å². The molecule has 3 heterocycles. The molecular formula is C40H46N6S. The number of rotatable bonds is 6. The van der Waals surface area contributed by atoms with Crippen molar-refractivity contribution in [3.8, 4) is 0 Å². The molecule has 4 bridgehead atoms. The maximum atomic E-state index is 5.21. The van der Waals surface area contributed by atoms with Gasteiger partial charge in [-0.05, 0) is 106 Å². The van der Waals surface area contributed by atoms with Crippen molar-refractivity contribution in [2.24, 2.45) is 20.0 Å². The fraction of sp³-hybridized carbons (Fsp3) is 0.350. The number of pyridine rings is 2. The third-order valence-corrected chi connectivity index (χ3v) is 9.30. The summed E-state index contributed by atoms with van der Waals surface area (Å²) >= 11 is 1.75. The average molecular weight is 643 g/mol. The Morgan fingerprint density at radius 2 is 0.979 bits per heavy atom. The van der Waals surface area contributed by atoms with Crippen LogP contribution in [0.25, 0.3) is 0 Å². The summed E-state index contributed by atoms with van der Waals surface area (Å²) in [7, 11) is 0. The van der Waals surface area contributed by atoms with Crippen molar-refractivity contribution in [1.82, 2.24) is 9.97 Å². The Morgan fingerprint density at radius 1 is 0.574 bits per heavy atom. The van der Waals surface area contributed by atoms with Crippen LogP contribution in [0.3, 0.4) is 0 Å². The Labute approximate surface area is 284 Å². The van der Waals surface area contributed by atoms with E-state index in [0.717, 1.165) is 58.5 Å². The molecule has 5 rings (SSSR count). The van der Waals surface area contributed by atoms with Gasteiger partial charge in [-0.25, -0.2) is 9.97 Å². The van der Waals surface area contributed by atoms with Gasteiger partial charge in [-0.15, -0.1) is 11.8 Å². The fourth-order valence-electron chi connectivity index (χ4n) is 5.65. The van der Waals surface area contributed by atoms with Gasteiger partial charge in [0.1, 0.15) is 0 Å². The molecule has 6 nitrogen and oxygen atoms in total. The molecule has 0 fully saturated rings. The summed E-state index contributed by atoms with van der Waals surface area (Å²) in [4.78, 5) is 31.7. The number of hydrogen-bond donors (Lipinski definition) is 0. The molecule has 2 aromatic carbocycles. The van der Waals surface area contributed by atoms with E-state index >= 15 is 0 Å². The third-order valence-electron chi connectivity index (χ3n) is 8.56. The molecule has 1 aliphatic heterocycles. The Hall–Kier alpha value is -4.23. The van der Waals surface area contributed by atoms with Crippen LogP contribution in [0.15, 0.2) is 110 Å². The predicted molar refractivity (Wildman–Crippen MR) is 201 cm³/mol. The largest absolute Gasteiger partial charge is 0.286 e. The van der Waals surface area contributed by atoms with Crippen LogP contribution in [0.5, 0.6) is 0 Å². The fourth-order valence-corrected chi connectivity index (χ4v) is 6.06. The number of aliphatic imine (C=N–C) groups is 4. The van der Waals surface area contributed by atoms with Gasteiger partial charge in [0.2, 0.25) is 0 Å². The summed E-state index contributed by atoms with van der Waals surface area (Å²) in [5, 5.41) is 0. The minimum absolute atomic E-state index is 0.0498. The molecule has 0 amide bonds. The Morgan fingerprint density at radius 3 is 1.38 bits per heavy atom. The van der Waals surface area contributed by atoms with Gasteiger partial charge in [0.05, 0.1) is 70.8 Å². The predicted octanol–water partition coefficient (Wildman–Crippen LogP) is 8.49. The first-order valence-electron chi connectivity index (χ1n) is 16.5. The topological polar surface area (TPSA) is 75.2 Å². The molecule has 2 atom stereocenters. The maximum Gasteiger partial charge on any atom is 0.0845 e. The van der Waals surface area contributed by atoms with E-state index in [2.05, 4.69) is 68.6 Å². The van der Waals surface area contributed by atoms with Crippen LogP contribution in [-0.2, 0) is 12.8 Å². The SMILES string of the molecule is CSc1ccc(C[C@H]2C/N=C(\C)c3cccc(n3)/C(C)=N/[C@@H](Cc3ccc(C(C)C)cc3)C/N=C(\C)c3cccc(n3)/C(C)=N/2)cc1. The third kappa shape index (κ3) is 9.41. The molecule has 0 N–H and O–H groups in total. The summed E-state index contributed by atoms with van der Waals surface area (Å²) in [5.41, 5.74) is 10.8. The van der Waals surface area contributed by atoms with Crippen LogP contribution >= 0.6 is 11.8 Å². The van der Waals surface area contributed by atoms with Crippen molar-refractivity contribution in [3.63, 3.8) is 0 Å². The lowest BCUT2D eigenvalue weighted by molar-refractivity contribution is 0.680. The van der Waals surface area contributed by atoms with E-state index in [0.29, 0.717) is 19.0 Å². The van der Waals surface area contributed by atoms with Gasteiger partial charge in [0, 0.05) is 4.90 Å². The van der Waals surface area contributed by atoms with E-state index in [-0.39, 0.29) is 12.1 Å². The molecule has 1 aliphatic rings. The molecular weight excluding hydrogens is 597 g/mol. The number of thioether (sulfide) groups is 1. The van der Waals surface area contributed by atoms with Gasteiger partial charge in [0.25, 0.3) is 0 Å². The van der Waals surface area contributed by atoms with E-state index in [4.69, 9.17) is 29.9 Å². The number of nitrogens with zero attached hydrogens (tertiary/aromatic N) is 6. The van der Waals surface area contributed by atoms with E-state index in [1.54, 1.807) is 11.8 Å². The highest BCUT2D eigenvalue weighted by Gasteiger charge is 2.15. The zero-order chi connectivity index (χ0) is 33.3. The number of aromatic nitrogens is 2. The molecule has 47 heavy (non-hydrogen) atoms. The first-order chi connectivity index (χ1) is 22.7. The van der Waals surface area contributed by atoms with Gasteiger partial charge >= 0.3 is 0 Å². The number of fused-ring (bicyclic) bond motifs is 4. The van der Waals surface area contributed by atoms with Crippen LogP contribution in [0.1, 0.15) is 86.9 Å². The standard InChI is InChI=1S/C40H46N6S/c1-26(2)33-18-14-31(15-19-33)22-34-24-41-27(3)37-10-9-13-40(46-37)30(6)44-35(23-32-16-20-36(47-7)21-17-32)25-42-28(4)38-11-8-12-39(45-38)29(5)43-34/h8-21,26,34-35H,22-25H2,1-7H3/b41-27+,42-28+,43-29+,44-30+/t34-,35-/m0/s1. The molecule has 0 unspecified atom stereocenters. The minimum Gasteiger partial charge on any atom is -0.286 e. The first kappa shape index (κ1) is 34.1. The van der Waals surface area contributed by atoms with Crippen LogP contribution in [0, 0.1) is 0 Å². The van der Waals surface area contributed by atoms with Gasteiger partial charge in [-0.3, -0.25) is 20.0 Å². The molecule has 0 saturated heterocycles. The highest BCUT2D eigenvalue weighted by molar-refractivity contribution is 7.98. The van der Waals surface area contributed by atoms with Crippen molar-refractivity contribution in [2.45, 2.75) is 77.3 Å². The van der Waals surface area contributed by atoms with Gasteiger partial charge in [-0.1, -0.05) is 62.4 Å². The summed E-state index contributed by atoms with van der Waals surface area (Å²) in [6, 6.07) is 29.7. The van der Waals surface area contributed by atoms with Crippen LogP contribution < -0.4 is 0 Å². The molecule has 0 aliphatic carbocycles. The maximum absolute atomic E-state index is 5.21. The van der Waals surface area contributed by atoms with E-state index in [9.17, 15) is 0 Å². The van der Waals surface area contributed by atoms with Gasteiger partial charge in [0.15, 0.2) is 0 Å². The monoisotopic (exact) mass is 642 g/mol. The lowest BCUT2D eigenvalue weighted by Gasteiger charge is -2.15. The minimum atomic E-state index is -0.0500. The zero-order valence-electron chi connectivity index (χ0n) is 28.7. The Bertz CT molecular complexity index is 1780. The molecule has 4 aromatic rings. The van der Waals surface area contributed by atoms with E-state index < -0.39 is 0 Å². The first-order valence-corrected chi connectivity index (χ1v) is 17.7. The summed E-state index contributed by atoms with van der Waals surface area (Å²) in [5.74, 6) is 0.498. The molecule has 2 aromatic heterocycles. The van der Waals surface area contributed by atoms with Crippen molar-refractivity contribution in [1.29, 1.82) is 0 Å². The highest BCUT2D eigenvalue weighted by atomic mass is 32.2. The van der Waals surface area contributed by atoms with Crippen molar-refractivity contribution in [2.75, 3.05) is 19.3 Å². The molecule has 0 radical (unpaired) electrons. The lowest BCUT2D eigenvalue weighted by Crippen LogP contribution is -2.19. The lowest BCUT2D eigenvalue weighted by atomic mass is 9.99. The molecule has 242 valence electrons. The quantitative estimate of drug-likeness (QED) is 0.198. The number of hydrogen-bond acceptors (Lipinski definition) is 7. The number of benzene rings is 2. The summed E-state index contributed by atoms with van der Waals surface area (Å²) < 4.78 is 0. The van der Waals surface area contributed by atoms with E-state index in [1.165, 1.54) is 21.6 Å². The van der Waals surface area contributed by atoms with Gasteiger partial charge in [-0.2, -0.15) is 0 Å². The second kappa shape index (κ2) is 16.1. The van der Waals surface area contributed by atoms with Crippen molar-refractivity contribution in [3.05, 3.63) is 124 Å². The summed E-state index contributed by atoms with van der Waals surface area (Å²) in [6.45, 7) is 13.7. The Kier molecular flexibility index (Phi) is 11.6. The smallest absolute Gasteiger partial charge is 0.0845 e. The Balaban J connectivity index is 1.53.